The Morgan fingerprint density at radius 2 is 2.05 bits per heavy atom. The molecule has 0 bridgehead atoms. The van der Waals surface area contributed by atoms with Gasteiger partial charge in [0, 0.05) is 11.3 Å². The van der Waals surface area contributed by atoms with Gasteiger partial charge >= 0.3 is 0 Å². The normalized spacial score (nSPS) is 17.2. The van der Waals surface area contributed by atoms with Gasteiger partial charge in [0.05, 0.1) is 33.8 Å². The third kappa shape index (κ3) is 2.27. The van der Waals surface area contributed by atoms with Crippen molar-refractivity contribution in [3.05, 3.63) is 56.8 Å². The molecular weight excluding hydrogens is 319 g/mol. The number of nitrogens with one attached hydrogen (secondary N) is 2. The van der Waals surface area contributed by atoms with E-state index in [-0.39, 0.29) is 11.8 Å². The summed E-state index contributed by atoms with van der Waals surface area (Å²) in [7, 11) is 0. The average molecular weight is 333 g/mol. The molecule has 1 aliphatic rings. The van der Waals surface area contributed by atoms with Crippen molar-refractivity contribution in [2.24, 2.45) is 5.92 Å². The van der Waals surface area contributed by atoms with Gasteiger partial charge in [0.15, 0.2) is 0 Å². The number of nitriles is 1. The molecule has 1 atom stereocenters. The minimum absolute atomic E-state index is 0.173. The molecule has 112 valence electrons. The van der Waals surface area contributed by atoms with Crippen LogP contribution in [0.2, 0.25) is 10.0 Å². The number of nitrogens with zero attached hydrogens (tertiary/aromatic N) is 2. The van der Waals surface area contributed by atoms with Crippen LogP contribution in [0.3, 0.4) is 0 Å². The van der Waals surface area contributed by atoms with Gasteiger partial charge in [-0.25, -0.2) is 0 Å². The maximum Gasteiger partial charge on any atom is 0.129 e. The second kappa shape index (κ2) is 5.68. The second-order valence-corrected chi connectivity index (χ2v) is 6.28. The van der Waals surface area contributed by atoms with Gasteiger partial charge in [-0.3, -0.25) is 5.10 Å². The lowest BCUT2D eigenvalue weighted by molar-refractivity contribution is 0.740. The summed E-state index contributed by atoms with van der Waals surface area (Å²) in [5.74, 6) is 0.693. The van der Waals surface area contributed by atoms with E-state index in [0.29, 0.717) is 15.6 Å². The van der Waals surface area contributed by atoms with Crippen LogP contribution in [-0.4, -0.2) is 10.2 Å². The van der Waals surface area contributed by atoms with Gasteiger partial charge in [-0.05, 0) is 17.5 Å². The van der Waals surface area contributed by atoms with E-state index in [1.54, 1.807) is 12.3 Å². The van der Waals surface area contributed by atoms with E-state index in [0.717, 1.165) is 22.6 Å². The number of H-pyrrole nitrogens is 1. The van der Waals surface area contributed by atoms with Crippen LogP contribution in [0.25, 0.3) is 0 Å². The minimum atomic E-state index is -0.274. The third-order valence-electron chi connectivity index (χ3n) is 3.81. The lowest BCUT2D eigenvalue weighted by Gasteiger charge is -2.28. The predicted octanol–water partition coefficient (Wildman–Crippen LogP) is 4.71. The summed E-state index contributed by atoms with van der Waals surface area (Å²) in [6, 6.07) is 7.82. The maximum atomic E-state index is 9.71. The summed E-state index contributed by atoms with van der Waals surface area (Å²) >= 11 is 12.5. The van der Waals surface area contributed by atoms with Crippen molar-refractivity contribution in [3.63, 3.8) is 0 Å². The molecule has 1 aromatic carbocycles. The van der Waals surface area contributed by atoms with Crippen molar-refractivity contribution in [2.75, 3.05) is 5.32 Å². The molecule has 22 heavy (non-hydrogen) atoms. The number of anilines is 1. The summed E-state index contributed by atoms with van der Waals surface area (Å²) < 4.78 is 0. The van der Waals surface area contributed by atoms with Crippen LogP contribution in [0.4, 0.5) is 5.82 Å². The zero-order valence-electron chi connectivity index (χ0n) is 12.1. The molecule has 1 unspecified atom stereocenters. The molecule has 6 heteroatoms. The Morgan fingerprint density at radius 1 is 1.27 bits per heavy atom. The number of halogens is 2. The first-order valence-electron chi connectivity index (χ1n) is 6.93. The zero-order chi connectivity index (χ0) is 15.9. The molecule has 2 N–H and O–H groups in total. The Balaban J connectivity index is 2.28. The average Bonchev–Trinajstić information content (AvgIpc) is 2.96. The monoisotopic (exact) mass is 332 g/mol. The summed E-state index contributed by atoms with van der Waals surface area (Å²) in [6.45, 7) is 4.08. The minimum Gasteiger partial charge on any atom is -0.343 e. The third-order valence-corrected chi connectivity index (χ3v) is 4.64. The molecule has 1 aromatic heterocycles. The molecule has 0 fully saturated rings. The van der Waals surface area contributed by atoms with Crippen LogP contribution >= 0.6 is 23.2 Å². The van der Waals surface area contributed by atoms with E-state index in [4.69, 9.17) is 23.2 Å². The van der Waals surface area contributed by atoms with Crippen molar-refractivity contribution >= 4 is 29.0 Å². The smallest absolute Gasteiger partial charge is 0.129 e. The van der Waals surface area contributed by atoms with Gasteiger partial charge in [0.25, 0.3) is 0 Å². The number of fused-ring (bicyclic) bond motifs is 1. The van der Waals surface area contributed by atoms with Gasteiger partial charge in [0.1, 0.15) is 5.82 Å². The first kappa shape index (κ1) is 15.0. The lowest BCUT2D eigenvalue weighted by Crippen LogP contribution is -2.21. The Bertz CT molecular complexity index is 799. The molecule has 0 saturated heterocycles. The molecule has 3 rings (SSSR count). The van der Waals surface area contributed by atoms with E-state index in [1.807, 2.05) is 26.0 Å². The fourth-order valence-electron chi connectivity index (χ4n) is 2.77. The van der Waals surface area contributed by atoms with Crippen LogP contribution in [0, 0.1) is 17.2 Å². The number of rotatable bonds is 2. The molecule has 0 amide bonds. The number of benzene rings is 1. The van der Waals surface area contributed by atoms with Crippen molar-refractivity contribution in [3.8, 4) is 6.07 Å². The molecule has 2 aromatic rings. The van der Waals surface area contributed by atoms with Crippen LogP contribution in [0.15, 0.2) is 35.7 Å². The van der Waals surface area contributed by atoms with Crippen LogP contribution in [0.1, 0.15) is 30.9 Å². The summed E-state index contributed by atoms with van der Waals surface area (Å²) in [6.07, 6.45) is 1.72. The van der Waals surface area contributed by atoms with Crippen LogP contribution in [0.5, 0.6) is 0 Å². The summed E-state index contributed by atoms with van der Waals surface area (Å²) in [4.78, 5) is 0. The Morgan fingerprint density at radius 3 is 2.73 bits per heavy atom. The van der Waals surface area contributed by atoms with Gasteiger partial charge in [-0.1, -0.05) is 49.2 Å². The fourth-order valence-corrected chi connectivity index (χ4v) is 3.19. The first-order valence-corrected chi connectivity index (χ1v) is 7.68. The maximum absolute atomic E-state index is 9.71. The quantitative estimate of drug-likeness (QED) is 0.837. The van der Waals surface area contributed by atoms with E-state index in [1.165, 1.54) is 0 Å². The zero-order valence-corrected chi connectivity index (χ0v) is 13.6. The fraction of sp³-hybridized carbons (Fsp3) is 0.250. The molecule has 0 aliphatic carbocycles. The Hall–Kier alpha value is -1.96. The largest absolute Gasteiger partial charge is 0.343 e. The molecule has 1 aliphatic heterocycles. The van der Waals surface area contributed by atoms with E-state index >= 15 is 0 Å². The van der Waals surface area contributed by atoms with Crippen LogP contribution < -0.4 is 5.32 Å². The highest BCUT2D eigenvalue weighted by atomic mass is 35.5. The van der Waals surface area contributed by atoms with E-state index in [9.17, 15) is 5.26 Å². The van der Waals surface area contributed by atoms with Crippen molar-refractivity contribution in [1.82, 2.24) is 10.2 Å². The van der Waals surface area contributed by atoms with Crippen molar-refractivity contribution in [2.45, 2.75) is 19.8 Å². The van der Waals surface area contributed by atoms with Gasteiger partial charge in [0.2, 0.25) is 0 Å². The van der Waals surface area contributed by atoms with Gasteiger partial charge in [-0.2, -0.15) is 10.4 Å². The molecule has 0 saturated carbocycles. The summed E-state index contributed by atoms with van der Waals surface area (Å²) in [5, 5.41) is 21.0. The SMILES string of the molecule is CC(C)C1=C(C#N)C(c2cccc(Cl)c2Cl)c2cn[nH]c2N1. The van der Waals surface area contributed by atoms with Crippen molar-refractivity contribution < 1.29 is 0 Å². The predicted molar refractivity (Wildman–Crippen MR) is 88.0 cm³/mol. The second-order valence-electron chi connectivity index (χ2n) is 5.50. The summed E-state index contributed by atoms with van der Waals surface area (Å²) in [5.41, 5.74) is 3.23. The van der Waals surface area contributed by atoms with E-state index in [2.05, 4.69) is 21.6 Å². The number of aromatic nitrogens is 2. The molecule has 0 spiro atoms. The lowest BCUT2D eigenvalue weighted by atomic mass is 9.81. The standard InChI is InChI=1S/C16H14Cl2N4/c1-8(2)15-10(6-19)13(11-7-20-22-16(11)21-15)9-4-3-5-12(17)14(9)18/h3-5,7-8,13H,1-2H3,(H2,20,21,22). The number of allylic oxidation sites excluding steroid dienone is 2. The molecule has 2 heterocycles. The highest BCUT2D eigenvalue weighted by molar-refractivity contribution is 6.42. The number of hydrogen-bond donors (Lipinski definition) is 2. The van der Waals surface area contributed by atoms with Crippen LogP contribution in [-0.2, 0) is 0 Å². The molecule has 4 nitrogen and oxygen atoms in total. The van der Waals surface area contributed by atoms with Gasteiger partial charge < -0.3 is 5.32 Å². The number of aromatic amines is 1. The highest BCUT2D eigenvalue weighted by Crippen LogP contribution is 2.45. The topological polar surface area (TPSA) is 64.5 Å². The first-order chi connectivity index (χ1) is 10.5. The van der Waals surface area contributed by atoms with Crippen molar-refractivity contribution in [1.29, 1.82) is 5.26 Å². The van der Waals surface area contributed by atoms with Gasteiger partial charge in [-0.15, -0.1) is 0 Å². The Labute approximate surface area is 138 Å². The Kier molecular flexibility index (Phi) is 3.86. The number of hydrogen-bond acceptors (Lipinski definition) is 3. The van der Waals surface area contributed by atoms with E-state index < -0.39 is 0 Å². The molecular formula is C16H14Cl2N4. The highest BCUT2D eigenvalue weighted by Gasteiger charge is 2.33. The molecule has 0 radical (unpaired) electrons.